The Morgan fingerprint density at radius 1 is 1.00 bits per heavy atom. The number of Topliss-reactive ketones (excluding diaryl/α,β-unsaturated/α-hetero) is 1. The van der Waals surface area contributed by atoms with E-state index in [0.29, 0.717) is 17.1 Å². The fourth-order valence-corrected chi connectivity index (χ4v) is 7.66. The quantitative estimate of drug-likeness (QED) is 0.536. The van der Waals surface area contributed by atoms with E-state index in [1.165, 1.54) is 51.4 Å². The molecule has 0 spiro atoms. The number of fused-ring (bicyclic) bond motifs is 5. The monoisotopic (exact) mass is 352 g/mol. The van der Waals surface area contributed by atoms with Crippen molar-refractivity contribution in [2.45, 2.75) is 76.5 Å². The highest BCUT2D eigenvalue weighted by Crippen LogP contribution is 2.65. The molecular weight excluding hydrogens is 324 g/mol. The van der Waals surface area contributed by atoms with Crippen molar-refractivity contribution in [2.75, 3.05) is 0 Å². The molecule has 4 aliphatic carbocycles. The molecule has 0 radical (unpaired) electrons. The molecule has 4 saturated carbocycles. The molecule has 4 fully saturated rings. The molecule has 0 bridgehead atoms. The summed E-state index contributed by atoms with van der Waals surface area (Å²) in [5.41, 5.74) is 0.622. The number of carbonyl (C=O) groups excluding carboxylic acids is 1. The minimum absolute atomic E-state index is 0.0526. The Bertz CT molecular complexity index is 460. The van der Waals surface area contributed by atoms with Crippen LogP contribution in [0.5, 0.6) is 0 Å². The summed E-state index contributed by atoms with van der Waals surface area (Å²) < 4.78 is 0. The van der Waals surface area contributed by atoms with Crippen LogP contribution in [0.2, 0.25) is 0 Å². The van der Waals surface area contributed by atoms with Crippen LogP contribution in [0.4, 0.5) is 0 Å². The average Bonchev–Trinajstić information content (AvgIpc) is 2.76. The van der Waals surface area contributed by atoms with Crippen molar-refractivity contribution in [3.05, 3.63) is 0 Å². The molecule has 0 aromatic carbocycles. The molecule has 4 rings (SSSR count). The molecule has 0 aromatic rings. The van der Waals surface area contributed by atoms with Gasteiger partial charge in [-0.1, -0.05) is 29.8 Å². The van der Waals surface area contributed by atoms with Gasteiger partial charge in [0.2, 0.25) is 0 Å². The molecule has 0 aliphatic heterocycles. The Morgan fingerprint density at radius 2 is 1.81 bits per heavy atom. The third-order valence-electron chi connectivity index (χ3n) is 8.31. The van der Waals surface area contributed by atoms with Gasteiger partial charge in [-0.15, -0.1) is 0 Å². The Labute approximate surface area is 137 Å². The first-order valence-electron chi connectivity index (χ1n) is 9.12. The standard InChI is InChI=1S/C19H29BrO/c1-18-9-7-13(20)11-12(18)3-4-14-15-5-6-17(21)19(15,2)10-8-16(14)18/h12-16H,3-11H2,1-2H3/t12?,13-,14+,15+,16+,18+,19+/m1/s1. The van der Waals surface area contributed by atoms with Crippen LogP contribution in [-0.4, -0.2) is 10.6 Å². The number of carbonyl (C=O) groups is 1. The van der Waals surface area contributed by atoms with E-state index in [2.05, 4.69) is 29.8 Å². The van der Waals surface area contributed by atoms with Crippen LogP contribution < -0.4 is 0 Å². The van der Waals surface area contributed by atoms with Crippen LogP contribution in [0.25, 0.3) is 0 Å². The predicted octanol–water partition coefficient (Wildman–Crippen LogP) is 5.36. The lowest BCUT2D eigenvalue weighted by molar-refractivity contribution is -0.138. The Hall–Kier alpha value is 0.150. The second kappa shape index (κ2) is 4.82. The van der Waals surface area contributed by atoms with Crippen molar-refractivity contribution in [1.29, 1.82) is 0 Å². The zero-order valence-electron chi connectivity index (χ0n) is 13.5. The summed E-state index contributed by atoms with van der Waals surface area (Å²) in [7, 11) is 0. The van der Waals surface area contributed by atoms with Crippen LogP contribution >= 0.6 is 15.9 Å². The largest absolute Gasteiger partial charge is 0.299 e. The molecule has 1 unspecified atom stereocenters. The summed E-state index contributed by atoms with van der Waals surface area (Å²) in [5, 5.41) is 0. The first-order valence-corrected chi connectivity index (χ1v) is 10.0. The number of alkyl halides is 1. The lowest BCUT2D eigenvalue weighted by atomic mass is 9.45. The zero-order valence-corrected chi connectivity index (χ0v) is 15.1. The maximum absolute atomic E-state index is 12.4. The third-order valence-corrected chi connectivity index (χ3v) is 9.14. The van der Waals surface area contributed by atoms with E-state index >= 15 is 0 Å². The highest BCUT2D eigenvalue weighted by atomic mass is 79.9. The summed E-state index contributed by atoms with van der Waals surface area (Å²) in [6.45, 7) is 4.90. The number of hydrogen-bond donors (Lipinski definition) is 0. The molecule has 2 heteroatoms. The van der Waals surface area contributed by atoms with Crippen LogP contribution in [-0.2, 0) is 4.79 Å². The fourth-order valence-electron chi connectivity index (χ4n) is 6.98. The van der Waals surface area contributed by atoms with E-state index in [1.807, 2.05) is 0 Å². The molecule has 21 heavy (non-hydrogen) atoms. The minimum Gasteiger partial charge on any atom is -0.299 e. The van der Waals surface area contributed by atoms with Crippen molar-refractivity contribution >= 4 is 21.7 Å². The zero-order chi connectivity index (χ0) is 14.8. The highest BCUT2D eigenvalue weighted by molar-refractivity contribution is 9.09. The molecule has 7 atom stereocenters. The van der Waals surface area contributed by atoms with Crippen LogP contribution in [0.15, 0.2) is 0 Å². The summed E-state index contributed by atoms with van der Waals surface area (Å²) in [6.07, 6.45) is 11.5. The van der Waals surface area contributed by atoms with Crippen LogP contribution in [0.1, 0.15) is 71.6 Å². The maximum Gasteiger partial charge on any atom is 0.139 e. The van der Waals surface area contributed by atoms with Crippen molar-refractivity contribution in [3.8, 4) is 0 Å². The van der Waals surface area contributed by atoms with Gasteiger partial charge in [0.05, 0.1) is 0 Å². The van der Waals surface area contributed by atoms with Gasteiger partial charge in [-0.05, 0) is 80.5 Å². The normalized spacial score (nSPS) is 56.5. The van der Waals surface area contributed by atoms with Gasteiger partial charge in [0.1, 0.15) is 5.78 Å². The summed E-state index contributed by atoms with van der Waals surface area (Å²) in [5.74, 6) is 3.98. The highest BCUT2D eigenvalue weighted by Gasteiger charge is 2.59. The Morgan fingerprint density at radius 3 is 2.62 bits per heavy atom. The summed E-state index contributed by atoms with van der Waals surface area (Å²) in [4.78, 5) is 13.2. The van der Waals surface area contributed by atoms with Gasteiger partial charge in [0, 0.05) is 16.7 Å². The lowest BCUT2D eigenvalue weighted by Crippen LogP contribution is -2.53. The van der Waals surface area contributed by atoms with Crippen molar-refractivity contribution in [3.63, 3.8) is 0 Å². The van der Waals surface area contributed by atoms with Gasteiger partial charge in [-0.3, -0.25) is 4.79 Å². The van der Waals surface area contributed by atoms with E-state index in [1.54, 1.807) is 0 Å². The molecule has 118 valence electrons. The maximum atomic E-state index is 12.4. The Kier molecular flexibility index (Phi) is 3.38. The predicted molar refractivity (Wildman–Crippen MR) is 89.4 cm³/mol. The molecule has 0 saturated heterocycles. The summed E-state index contributed by atoms with van der Waals surface area (Å²) in [6, 6.07) is 0. The fraction of sp³-hybridized carbons (Fsp3) is 0.947. The third kappa shape index (κ3) is 1.96. The van der Waals surface area contributed by atoms with Gasteiger partial charge < -0.3 is 0 Å². The van der Waals surface area contributed by atoms with Crippen molar-refractivity contribution in [2.24, 2.45) is 34.5 Å². The first-order chi connectivity index (χ1) is 9.95. The van der Waals surface area contributed by atoms with Gasteiger partial charge in [0.25, 0.3) is 0 Å². The van der Waals surface area contributed by atoms with Crippen molar-refractivity contribution in [1.82, 2.24) is 0 Å². The van der Waals surface area contributed by atoms with E-state index in [0.717, 1.165) is 29.0 Å². The van der Waals surface area contributed by atoms with Gasteiger partial charge in [-0.2, -0.15) is 0 Å². The van der Waals surface area contributed by atoms with Crippen molar-refractivity contribution < 1.29 is 4.79 Å². The van der Waals surface area contributed by atoms with Gasteiger partial charge >= 0.3 is 0 Å². The molecule has 0 heterocycles. The van der Waals surface area contributed by atoms with E-state index in [-0.39, 0.29) is 5.41 Å². The van der Waals surface area contributed by atoms with E-state index < -0.39 is 0 Å². The van der Waals surface area contributed by atoms with Gasteiger partial charge in [-0.25, -0.2) is 0 Å². The number of rotatable bonds is 0. The smallest absolute Gasteiger partial charge is 0.139 e. The molecule has 0 amide bonds. The van der Waals surface area contributed by atoms with Crippen LogP contribution in [0.3, 0.4) is 0 Å². The molecule has 0 aromatic heterocycles. The molecule has 0 N–H and O–H groups in total. The average molecular weight is 353 g/mol. The number of ketones is 1. The Balaban J connectivity index is 1.64. The van der Waals surface area contributed by atoms with E-state index in [9.17, 15) is 4.79 Å². The lowest BCUT2D eigenvalue weighted by Gasteiger charge is -2.60. The SMILES string of the molecule is C[C@]12CC[C@@H](Br)CC1CC[C@@H]1[C@@H]2CC[C@]2(C)C(=O)CC[C@@H]12. The second-order valence-corrected chi connectivity index (χ2v) is 10.2. The second-order valence-electron chi connectivity index (χ2n) is 8.95. The number of halogens is 1. The topological polar surface area (TPSA) is 17.1 Å². The first kappa shape index (κ1) is 14.7. The van der Waals surface area contributed by atoms with Gasteiger partial charge in [0.15, 0.2) is 0 Å². The number of hydrogen-bond acceptors (Lipinski definition) is 1. The minimum atomic E-state index is 0.0526. The van der Waals surface area contributed by atoms with Crippen LogP contribution in [0, 0.1) is 34.5 Å². The molecule has 4 aliphatic rings. The van der Waals surface area contributed by atoms with E-state index in [4.69, 9.17) is 0 Å². The summed E-state index contributed by atoms with van der Waals surface area (Å²) >= 11 is 3.88. The molecule has 1 nitrogen and oxygen atoms in total. The molecular formula is C19H29BrO.